The van der Waals surface area contributed by atoms with Gasteiger partial charge in [-0.25, -0.2) is 21.6 Å². The monoisotopic (exact) mass is 1590 g/mol. The molecule has 0 saturated carbocycles. The van der Waals surface area contributed by atoms with Crippen LogP contribution in [0.2, 0.25) is 0 Å². The third-order valence-corrected chi connectivity index (χ3v) is 22.6. The van der Waals surface area contributed by atoms with Crippen molar-refractivity contribution in [3.8, 4) is 5.75 Å². The molecule has 0 radical (unpaired) electrons. The van der Waals surface area contributed by atoms with Gasteiger partial charge < -0.3 is 75.8 Å². The molecule has 3 aliphatic heterocycles. The fraction of sp³-hybridized carbons (Fsp3) is 0.808. The molecule has 1 aromatic carbocycles. The zero-order valence-electron chi connectivity index (χ0n) is 66.3. The fourth-order valence-electron chi connectivity index (χ4n) is 13.6. The van der Waals surface area contributed by atoms with Crippen LogP contribution < -0.4 is 4.74 Å². The second kappa shape index (κ2) is 52.3. The first kappa shape index (κ1) is 95.3. The van der Waals surface area contributed by atoms with Crippen LogP contribution in [-0.4, -0.2) is 213 Å². The van der Waals surface area contributed by atoms with Gasteiger partial charge in [0.15, 0.2) is 75.2 Å². The Bertz CT molecular complexity index is 3050. The normalized spacial score (nSPS) is 23.6. The van der Waals surface area contributed by atoms with Crippen molar-refractivity contribution in [2.24, 2.45) is 5.92 Å². The van der Waals surface area contributed by atoms with E-state index >= 15 is 0 Å². The Balaban J connectivity index is 1.72. The lowest BCUT2D eigenvalue weighted by Crippen LogP contribution is -2.66. The predicted molar refractivity (Wildman–Crippen MR) is 398 cm³/mol. The van der Waals surface area contributed by atoms with Crippen LogP contribution in [-0.2, 0) is 129 Å². The molecule has 0 bridgehead atoms. The number of rotatable bonds is 55. The zero-order valence-corrected chi connectivity index (χ0v) is 67.9. The number of esters is 9. The van der Waals surface area contributed by atoms with Gasteiger partial charge in [-0.05, 0) is 37.1 Å². The van der Waals surface area contributed by atoms with E-state index in [0.717, 1.165) is 120 Å². The lowest BCUT2D eigenvalue weighted by Gasteiger charge is -2.48. The maximum Gasteiger partial charge on any atom is 0.338 e. The summed E-state index contributed by atoms with van der Waals surface area (Å²) in [6.45, 7) is 9.91. The second-order valence-corrected chi connectivity index (χ2v) is 33.2. The number of unbranched alkanes of at least 4 members (excludes halogenated alkanes) is 26. The maximum absolute atomic E-state index is 14.2. The highest BCUT2D eigenvalue weighted by Gasteiger charge is 2.57. The number of carbonyl (C=O) groups excluding carboxylic acids is 9. The minimum Gasteiger partial charge on any atom is -0.497 e. The molecule has 0 aliphatic carbocycles. The molecular formula is C78H126O29S2. The average Bonchev–Trinajstić information content (AvgIpc) is 0.774. The largest absolute Gasteiger partial charge is 0.497 e. The molecule has 109 heavy (non-hydrogen) atoms. The van der Waals surface area contributed by atoms with Crippen LogP contribution in [0.1, 0.15) is 266 Å². The molecule has 3 heterocycles. The van der Waals surface area contributed by atoms with Gasteiger partial charge in [-0.1, -0.05) is 181 Å². The minimum absolute atomic E-state index is 0.0273. The van der Waals surface area contributed by atoms with Crippen LogP contribution in [0.4, 0.5) is 0 Å². The Morgan fingerprint density at radius 2 is 0.725 bits per heavy atom. The number of ether oxygens (including phenoxy) is 16. The number of carbonyl (C=O) groups is 9. The third kappa shape index (κ3) is 38.8. The van der Waals surface area contributed by atoms with Crippen molar-refractivity contribution in [2.75, 3.05) is 56.5 Å². The number of methoxy groups -OCH3 is 1. The Morgan fingerprint density at radius 3 is 1.13 bits per heavy atom. The first-order chi connectivity index (χ1) is 51.9. The molecule has 31 heteroatoms. The van der Waals surface area contributed by atoms with Crippen LogP contribution in [0.15, 0.2) is 24.3 Å². The van der Waals surface area contributed by atoms with Gasteiger partial charge in [0, 0.05) is 67.7 Å². The van der Waals surface area contributed by atoms with E-state index in [4.69, 9.17) is 75.8 Å². The van der Waals surface area contributed by atoms with E-state index < -0.39 is 210 Å². The van der Waals surface area contributed by atoms with Crippen molar-refractivity contribution in [3.63, 3.8) is 0 Å². The first-order valence-electron chi connectivity index (χ1n) is 39.4. The smallest absolute Gasteiger partial charge is 0.338 e. The van der Waals surface area contributed by atoms with Crippen LogP contribution >= 0.6 is 0 Å². The number of hydrogen-bond acceptors (Lipinski definition) is 29. The summed E-state index contributed by atoms with van der Waals surface area (Å²) >= 11 is 0. The number of hydrogen-bond donors (Lipinski definition) is 0. The Hall–Kier alpha value is -6.09. The quantitative estimate of drug-likeness (QED) is 0.0332. The molecule has 3 saturated heterocycles. The third-order valence-electron chi connectivity index (χ3n) is 18.8. The highest BCUT2D eigenvalue weighted by Crippen LogP contribution is 2.38. The highest BCUT2D eigenvalue weighted by molar-refractivity contribution is 7.92. The van der Waals surface area contributed by atoms with E-state index in [2.05, 4.69) is 13.8 Å². The predicted octanol–water partition coefficient (Wildman–Crippen LogP) is 11.3. The van der Waals surface area contributed by atoms with Crippen LogP contribution in [0.3, 0.4) is 0 Å². The van der Waals surface area contributed by atoms with Gasteiger partial charge in [0.1, 0.15) is 50.0 Å². The van der Waals surface area contributed by atoms with Gasteiger partial charge in [-0.15, -0.1) is 0 Å². The lowest BCUT2D eigenvalue weighted by molar-refractivity contribution is -0.366. The van der Waals surface area contributed by atoms with Gasteiger partial charge in [0.2, 0.25) is 0 Å². The number of sulfone groups is 2. The molecule has 624 valence electrons. The maximum atomic E-state index is 14.2. The summed E-state index contributed by atoms with van der Waals surface area (Å²) in [6, 6.07) is 5.80. The van der Waals surface area contributed by atoms with Crippen LogP contribution in [0.25, 0.3) is 0 Å². The molecular weight excluding hydrogens is 1460 g/mol. The van der Waals surface area contributed by atoms with Gasteiger partial charge in [0.05, 0.1) is 48.4 Å². The fourth-order valence-corrected chi connectivity index (χ4v) is 17.2. The van der Waals surface area contributed by atoms with Gasteiger partial charge in [0.25, 0.3) is 0 Å². The van der Waals surface area contributed by atoms with E-state index in [1.807, 2.05) is 0 Å². The molecule has 0 spiro atoms. The molecule has 1 aromatic rings. The van der Waals surface area contributed by atoms with Crippen molar-refractivity contribution in [1.82, 2.24) is 0 Å². The molecule has 29 nitrogen and oxygen atoms in total. The minimum atomic E-state index is -3.96. The molecule has 0 amide bonds. The van der Waals surface area contributed by atoms with Crippen molar-refractivity contribution in [1.29, 1.82) is 0 Å². The first-order valence-corrected chi connectivity index (χ1v) is 43.0. The summed E-state index contributed by atoms with van der Waals surface area (Å²) in [7, 11) is -6.49. The second-order valence-electron chi connectivity index (χ2n) is 28.7. The van der Waals surface area contributed by atoms with E-state index in [-0.39, 0.29) is 17.1 Å². The highest BCUT2D eigenvalue weighted by atomic mass is 32.2. The lowest BCUT2D eigenvalue weighted by atomic mass is 9.96. The summed E-state index contributed by atoms with van der Waals surface area (Å²) in [4.78, 5) is 117. The standard InChI is InChI=1S/C78H126O29S2/c1-12-14-16-18-20-22-24-26-28-30-32-34-36-38-44-108(88,89)51-61(52-109(90,91)45-39-37-35-33-31-29-27-25-23-21-19-17-15-13-2)47-96-77-73(101-59(9)85)72(100-58(8)84)70(68(105-77)50-94-54(4)80)107-76-65(97-55(5)81)46-64(66(104-76)48-95-75(87)62-40-42-63(92-11)43-41-62)103-78-74(102-60(10)86)71(99-57(7)83)69(98-56(6)82)67(106-78)49-93-53(3)79/h40-43,61,64-74,76-78H,12-39,44-52H2,1-11H3/t64-,65-,66-,67-,68-,69+,70-,71+,72+,73-,74-,76+,77-,78+/m1/s1. The SMILES string of the molecule is CCCCCCCCCCCCCCCCS(=O)(=O)CC(CO[C@@H]1O[C@H](COC(C)=O)[C@@H](O[C@@H]2O[C@H](COC(=O)c3ccc(OC)cc3)[C@H](O[C@H]3O[C@H](COC(C)=O)[C@H](OC(C)=O)[C@H](OC(C)=O)[C@H]3OC(C)=O)C[C@H]2OC(C)=O)[C@H](OC(C)=O)[C@H]1OC(C)=O)CS(=O)(=O)CCCCCCCCCCCCCCCC. The van der Waals surface area contributed by atoms with Gasteiger partial charge in [-0.2, -0.15) is 0 Å². The van der Waals surface area contributed by atoms with E-state index in [9.17, 15) is 60.0 Å². The summed E-state index contributed by atoms with van der Waals surface area (Å²) < 4.78 is 152. The zero-order chi connectivity index (χ0) is 80.3. The van der Waals surface area contributed by atoms with E-state index in [1.54, 1.807) is 0 Å². The van der Waals surface area contributed by atoms with Crippen molar-refractivity contribution >= 4 is 73.4 Å². The topological polar surface area (TPSA) is 370 Å². The van der Waals surface area contributed by atoms with E-state index in [0.29, 0.717) is 31.4 Å². The summed E-state index contributed by atoms with van der Waals surface area (Å²) in [5, 5.41) is 0. The summed E-state index contributed by atoms with van der Waals surface area (Å²) in [6.07, 6.45) is 4.85. The van der Waals surface area contributed by atoms with Gasteiger partial charge in [-0.3, -0.25) is 38.4 Å². The molecule has 14 atom stereocenters. The van der Waals surface area contributed by atoms with Crippen molar-refractivity contribution in [3.05, 3.63) is 29.8 Å². The molecule has 4 rings (SSSR count). The molecule has 0 aromatic heterocycles. The molecule has 0 unspecified atom stereocenters. The molecule has 3 fully saturated rings. The molecule has 3 aliphatic rings. The van der Waals surface area contributed by atoms with Gasteiger partial charge >= 0.3 is 53.7 Å². The summed E-state index contributed by atoms with van der Waals surface area (Å²) in [5.41, 5.74) is 0.0273. The van der Waals surface area contributed by atoms with E-state index in [1.165, 1.54) is 121 Å². The van der Waals surface area contributed by atoms with Crippen molar-refractivity contribution < 1.29 is 136 Å². The van der Waals surface area contributed by atoms with Crippen molar-refractivity contribution in [2.45, 2.75) is 341 Å². The van der Waals surface area contributed by atoms with Crippen LogP contribution in [0.5, 0.6) is 5.75 Å². The Kier molecular flexibility index (Phi) is 45.7. The number of benzene rings is 1. The Labute approximate surface area is 645 Å². The average molecular weight is 1590 g/mol. The summed E-state index contributed by atoms with van der Waals surface area (Å²) in [5.74, 6) is -10.9. The van der Waals surface area contributed by atoms with Crippen LogP contribution in [0, 0.1) is 5.92 Å². The Morgan fingerprint density at radius 1 is 0.376 bits per heavy atom. The molecule has 0 N–H and O–H groups in total.